The zero-order valence-corrected chi connectivity index (χ0v) is 14.1. The van der Waals surface area contributed by atoms with E-state index >= 15 is 0 Å². The van der Waals surface area contributed by atoms with Crippen LogP contribution in [0.1, 0.15) is 0 Å². The fraction of sp³-hybridized carbons (Fsp3) is 0.0769. The number of anilines is 2. The highest BCUT2D eigenvalue weighted by molar-refractivity contribution is 9.10. The number of benzene rings is 2. The Labute approximate surface area is 136 Å². The zero-order chi connectivity index (χ0) is 15.6. The smallest absolute Gasteiger partial charge is 0.263 e. The minimum atomic E-state index is -3.81. The Morgan fingerprint density at radius 3 is 2.43 bits per heavy atom. The summed E-state index contributed by atoms with van der Waals surface area (Å²) in [6.07, 6.45) is 0. The molecule has 2 rings (SSSR count). The number of nitrogens with two attached hydrogens (primary N) is 1. The number of hydrogen-bond acceptors (Lipinski definition) is 4. The molecule has 0 aromatic heterocycles. The zero-order valence-electron chi connectivity index (χ0n) is 10.9. The van der Waals surface area contributed by atoms with Crippen molar-refractivity contribution < 1.29 is 13.2 Å². The van der Waals surface area contributed by atoms with Crippen molar-refractivity contribution in [1.29, 1.82) is 0 Å². The summed E-state index contributed by atoms with van der Waals surface area (Å²) in [6.45, 7) is 0. The van der Waals surface area contributed by atoms with Gasteiger partial charge in [-0.1, -0.05) is 11.6 Å². The second-order valence-electron chi connectivity index (χ2n) is 4.14. The van der Waals surface area contributed by atoms with Gasteiger partial charge in [-0.3, -0.25) is 4.72 Å². The minimum absolute atomic E-state index is 0.0247. The number of methoxy groups -OCH3 is 1. The molecule has 0 spiro atoms. The van der Waals surface area contributed by atoms with E-state index < -0.39 is 10.0 Å². The Morgan fingerprint density at radius 2 is 1.86 bits per heavy atom. The fourth-order valence-electron chi connectivity index (χ4n) is 1.65. The van der Waals surface area contributed by atoms with Gasteiger partial charge in [0.25, 0.3) is 10.0 Å². The lowest BCUT2D eigenvalue weighted by Crippen LogP contribution is -2.14. The Hall–Kier alpha value is -1.44. The van der Waals surface area contributed by atoms with E-state index in [1.54, 1.807) is 24.3 Å². The fourth-order valence-corrected chi connectivity index (χ4v) is 4.00. The molecule has 0 amide bonds. The van der Waals surface area contributed by atoms with E-state index in [0.29, 0.717) is 11.4 Å². The van der Waals surface area contributed by atoms with Crippen molar-refractivity contribution in [2.24, 2.45) is 0 Å². The molecule has 2 aromatic carbocycles. The highest BCUT2D eigenvalue weighted by Gasteiger charge is 2.20. The second kappa shape index (κ2) is 6.13. The van der Waals surface area contributed by atoms with E-state index in [2.05, 4.69) is 20.7 Å². The average molecular weight is 392 g/mol. The number of ether oxygens (including phenoxy) is 1. The van der Waals surface area contributed by atoms with Gasteiger partial charge in [0.2, 0.25) is 0 Å². The maximum Gasteiger partial charge on any atom is 0.263 e. The van der Waals surface area contributed by atoms with Crippen molar-refractivity contribution in [3.05, 3.63) is 45.9 Å². The van der Waals surface area contributed by atoms with Crippen LogP contribution in [-0.4, -0.2) is 15.5 Å². The van der Waals surface area contributed by atoms with Crippen LogP contribution in [0.5, 0.6) is 5.75 Å². The van der Waals surface area contributed by atoms with E-state index in [1.165, 1.54) is 19.2 Å². The van der Waals surface area contributed by atoms with E-state index in [4.69, 9.17) is 22.1 Å². The summed E-state index contributed by atoms with van der Waals surface area (Å²) in [4.78, 5) is -0.0247. The summed E-state index contributed by atoms with van der Waals surface area (Å²) in [7, 11) is -2.28. The standard InChI is InChI=1S/C13H12BrClN2O3S/c1-20-10-4-2-9(3-5-10)17-21(18,19)12-7-8(15)6-11(16)13(12)14/h2-7,17H,16H2,1H3. The normalized spacial score (nSPS) is 11.2. The first-order chi connectivity index (χ1) is 9.83. The third-order valence-corrected chi connectivity index (χ3v) is 5.44. The number of rotatable bonds is 4. The van der Waals surface area contributed by atoms with Crippen LogP contribution in [-0.2, 0) is 10.0 Å². The Bertz CT molecular complexity index is 764. The molecule has 0 saturated heterocycles. The highest BCUT2D eigenvalue weighted by Crippen LogP contribution is 2.32. The van der Waals surface area contributed by atoms with Crippen LogP contribution in [0.15, 0.2) is 45.8 Å². The van der Waals surface area contributed by atoms with Gasteiger partial charge in [-0.25, -0.2) is 8.42 Å². The number of sulfonamides is 1. The van der Waals surface area contributed by atoms with Crippen molar-refractivity contribution in [2.45, 2.75) is 4.90 Å². The van der Waals surface area contributed by atoms with Gasteiger partial charge in [0, 0.05) is 16.4 Å². The molecule has 3 N–H and O–H groups in total. The maximum absolute atomic E-state index is 12.4. The maximum atomic E-state index is 12.4. The molecule has 0 atom stereocenters. The van der Waals surface area contributed by atoms with Crippen LogP contribution in [0.2, 0.25) is 5.02 Å². The minimum Gasteiger partial charge on any atom is -0.497 e. The van der Waals surface area contributed by atoms with Gasteiger partial charge < -0.3 is 10.5 Å². The predicted molar refractivity (Wildman–Crippen MR) is 87.4 cm³/mol. The lowest BCUT2D eigenvalue weighted by molar-refractivity contribution is 0.415. The molecule has 112 valence electrons. The molecule has 0 bridgehead atoms. The van der Waals surface area contributed by atoms with Gasteiger partial charge in [0.05, 0.1) is 11.6 Å². The predicted octanol–water partition coefficient (Wildman–Crippen LogP) is 3.49. The van der Waals surface area contributed by atoms with E-state index in [0.717, 1.165) is 0 Å². The van der Waals surface area contributed by atoms with Gasteiger partial charge >= 0.3 is 0 Å². The van der Waals surface area contributed by atoms with Gasteiger partial charge in [-0.15, -0.1) is 0 Å². The molecule has 0 fully saturated rings. The van der Waals surface area contributed by atoms with E-state index in [-0.39, 0.29) is 20.1 Å². The summed E-state index contributed by atoms with van der Waals surface area (Å²) < 4.78 is 32.5. The van der Waals surface area contributed by atoms with Gasteiger partial charge in [0.15, 0.2) is 0 Å². The van der Waals surface area contributed by atoms with Crippen molar-refractivity contribution >= 4 is 48.9 Å². The summed E-state index contributed by atoms with van der Waals surface area (Å²) in [5, 5.41) is 0.241. The Kier molecular flexibility index (Phi) is 4.65. The number of nitrogens with one attached hydrogen (secondary N) is 1. The van der Waals surface area contributed by atoms with Gasteiger partial charge in [0.1, 0.15) is 10.6 Å². The van der Waals surface area contributed by atoms with Crippen LogP contribution in [0.25, 0.3) is 0 Å². The number of halogens is 2. The largest absolute Gasteiger partial charge is 0.497 e. The molecule has 0 aliphatic rings. The molecule has 5 nitrogen and oxygen atoms in total. The lowest BCUT2D eigenvalue weighted by Gasteiger charge is -2.12. The summed E-state index contributed by atoms with van der Waals surface area (Å²) in [5.74, 6) is 0.631. The van der Waals surface area contributed by atoms with Crippen LogP contribution >= 0.6 is 27.5 Å². The molecule has 0 aliphatic carbocycles. The van der Waals surface area contributed by atoms with Gasteiger partial charge in [-0.05, 0) is 52.3 Å². The first-order valence-electron chi connectivity index (χ1n) is 5.75. The Morgan fingerprint density at radius 1 is 1.24 bits per heavy atom. The second-order valence-corrected chi connectivity index (χ2v) is 7.02. The van der Waals surface area contributed by atoms with Crippen LogP contribution < -0.4 is 15.2 Å². The van der Waals surface area contributed by atoms with Crippen LogP contribution in [0.3, 0.4) is 0 Å². The molecule has 21 heavy (non-hydrogen) atoms. The SMILES string of the molecule is COc1ccc(NS(=O)(=O)c2cc(Cl)cc(N)c2Br)cc1. The van der Waals surface area contributed by atoms with E-state index in [1.807, 2.05) is 0 Å². The third kappa shape index (κ3) is 3.61. The summed E-state index contributed by atoms with van der Waals surface area (Å²) >= 11 is 9.02. The van der Waals surface area contributed by atoms with Crippen LogP contribution in [0, 0.1) is 0 Å². The molecule has 8 heteroatoms. The topological polar surface area (TPSA) is 81.4 Å². The molecule has 0 radical (unpaired) electrons. The third-order valence-electron chi connectivity index (χ3n) is 2.66. The molecule has 0 unspecified atom stereocenters. The van der Waals surface area contributed by atoms with Crippen molar-refractivity contribution in [2.75, 3.05) is 17.6 Å². The molecular formula is C13H12BrClN2O3S. The van der Waals surface area contributed by atoms with E-state index in [9.17, 15) is 8.42 Å². The van der Waals surface area contributed by atoms with Crippen molar-refractivity contribution in [1.82, 2.24) is 0 Å². The van der Waals surface area contributed by atoms with Crippen molar-refractivity contribution in [3.8, 4) is 5.75 Å². The monoisotopic (exact) mass is 390 g/mol. The number of hydrogen-bond donors (Lipinski definition) is 2. The quantitative estimate of drug-likeness (QED) is 0.782. The molecular weight excluding hydrogens is 380 g/mol. The first kappa shape index (κ1) is 15.9. The molecule has 0 heterocycles. The van der Waals surface area contributed by atoms with Crippen molar-refractivity contribution in [3.63, 3.8) is 0 Å². The molecule has 0 saturated carbocycles. The Balaban J connectivity index is 2.38. The summed E-state index contributed by atoms with van der Waals surface area (Å²) in [5.41, 5.74) is 6.36. The molecule has 0 aliphatic heterocycles. The number of nitrogen functional groups attached to an aromatic ring is 1. The van der Waals surface area contributed by atoms with Gasteiger partial charge in [-0.2, -0.15) is 0 Å². The van der Waals surface area contributed by atoms with Crippen LogP contribution in [0.4, 0.5) is 11.4 Å². The average Bonchev–Trinajstić information content (AvgIpc) is 2.43. The molecule has 2 aromatic rings. The first-order valence-corrected chi connectivity index (χ1v) is 8.40. The summed E-state index contributed by atoms with van der Waals surface area (Å²) in [6, 6.07) is 9.29. The highest BCUT2D eigenvalue weighted by atomic mass is 79.9. The lowest BCUT2D eigenvalue weighted by atomic mass is 10.3.